The van der Waals surface area contributed by atoms with Crippen molar-refractivity contribution in [3.63, 3.8) is 0 Å². The molecule has 24 heavy (non-hydrogen) atoms. The fraction of sp³-hybridized carbons (Fsp3) is 0.706. The molecule has 2 saturated heterocycles. The summed E-state index contributed by atoms with van der Waals surface area (Å²) in [7, 11) is 1.91. The Hall–Kier alpha value is -2.05. The molecule has 2 aliphatic heterocycles. The minimum absolute atomic E-state index is 0.0565. The standard InChI is InChI=1S/C17H27N5O2/c1-13(23)22-8-4-3-5-15(22)11-17(24)18-14-6-10-21(12-14)16-7-9-20(2)19-16/h7,9,14-15H,3-6,8,10-12H2,1-2H3,(H,18,24)/t14-,15+/m0/s1. The minimum Gasteiger partial charge on any atom is -0.353 e. The Morgan fingerprint density at radius 2 is 2.12 bits per heavy atom. The van der Waals surface area contributed by atoms with Crippen LogP contribution in [0.4, 0.5) is 5.82 Å². The summed E-state index contributed by atoms with van der Waals surface area (Å²) in [6.07, 6.45) is 6.35. The van der Waals surface area contributed by atoms with Crippen LogP contribution in [0.3, 0.4) is 0 Å². The molecule has 1 aromatic rings. The molecule has 0 radical (unpaired) electrons. The molecule has 2 atom stereocenters. The molecule has 0 saturated carbocycles. The molecule has 2 amide bonds. The normalized spacial score (nSPS) is 24.2. The van der Waals surface area contributed by atoms with Crippen LogP contribution >= 0.6 is 0 Å². The third-order valence-corrected chi connectivity index (χ3v) is 5.03. The molecule has 0 aromatic carbocycles. The first-order valence-corrected chi connectivity index (χ1v) is 8.84. The third kappa shape index (κ3) is 3.88. The second-order valence-corrected chi connectivity index (χ2v) is 6.91. The van der Waals surface area contributed by atoms with Gasteiger partial charge in [0.1, 0.15) is 0 Å². The Morgan fingerprint density at radius 3 is 2.83 bits per heavy atom. The van der Waals surface area contributed by atoms with E-state index in [2.05, 4.69) is 15.3 Å². The van der Waals surface area contributed by atoms with Gasteiger partial charge in [0.05, 0.1) is 0 Å². The quantitative estimate of drug-likeness (QED) is 0.889. The van der Waals surface area contributed by atoms with E-state index in [1.807, 2.05) is 24.2 Å². The highest BCUT2D eigenvalue weighted by Crippen LogP contribution is 2.21. The lowest BCUT2D eigenvalue weighted by Gasteiger charge is -2.35. The molecule has 132 valence electrons. The van der Waals surface area contributed by atoms with Crippen LogP contribution in [0.15, 0.2) is 12.3 Å². The molecule has 0 unspecified atom stereocenters. The Morgan fingerprint density at radius 1 is 1.29 bits per heavy atom. The highest BCUT2D eigenvalue weighted by atomic mass is 16.2. The smallest absolute Gasteiger partial charge is 0.222 e. The number of carbonyl (C=O) groups is 2. The zero-order valence-corrected chi connectivity index (χ0v) is 14.6. The number of piperidine rings is 1. The van der Waals surface area contributed by atoms with Crippen LogP contribution in [0.2, 0.25) is 0 Å². The van der Waals surface area contributed by atoms with Gasteiger partial charge in [-0.1, -0.05) is 0 Å². The molecule has 7 nitrogen and oxygen atoms in total. The Balaban J connectivity index is 1.49. The molecular weight excluding hydrogens is 306 g/mol. The van der Waals surface area contributed by atoms with Crippen LogP contribution in [0.25, 0.3) is 0 Å². The maximum Gasteiger partial charge on any atom is 0.222 e. The Bertz CT molecular complexity index is 600. The second kappa shape index (κ2) is 7.23. The van der Waals surface area contributed by atoms with E-state index in [0.717, 1.165) is 51.1 Å². The monoisotopic (exact) mass is 333 g/mol. The van der Waals surface area contributed by atoms with Gasteiger partial charge in [0.15, 0.2) is 5.82 Å². The molecule has 0 bridgehead atoms. The molecule has 0 spiro atoms. The largest absolute Gasteiger partial charge is 0.353 e. The maximum atomic E-state index is 12.4. The molecule has 0 aliphatic carbocycles. The van der Waals surface area contributed by atoms with E-state index >= 15 is 0 Å². The van der Waals surface area contributed by atoms with Crippen molar-refractivity contribution in [1.29, 1.82) is 0 Å². The van der Waals surface area contributed by atoms with Gasteiger partial charge in [-0.25, -0.2) is 0 Å². The Kier molecular flexibility index (Phi) is 5.06. The summed E-state index contributed by atoms with van der Waals surface area (Å²) in [6.45, 7) is 4.08. The van der Waals surface area contributed by atoms with E-state index in [4.69, 9.17) is 0 Å². The van der Waals surface area contributed by atoms with Crippen molar-refractivity contribution >= 4 is 17.6 Å². The van der Waals surface area contributed by atoms with Gasteiger partial charge in [-0.15, -0.1) is 0 Å². The number of nitrogens with zero attached hydrogens (tertiary/aromatic N) is 4. The van der Waals surface area contributed by atoms with Gasteiger partial charge in [-0.3, -0.25) is 14.3 Å². The molecule has 3 rings (SSSR count). The summed E-state index contributed by atoms with van der Waals surface area (Å²) in [4.78, 5) is 28.2. The molecule has 2 aliphatic rings. The number of aryl methyl sites for hydroxylation is 1. The van der Waals surface area contributed by atoms with E-state index in [0.29, 0.717) is 6.42 Å². The van der Waals surface area contributed by atoms with Crippen molar-refractivity contribution in [1.82, 2.24) is 20.0 Å². The predicted molar refractivity (Wildman–Crippen MR) is 91.6 cm³/mol. The van der Waals surface area contributed by atoms with Gasteiger partial charge in [0.25, 0.3) is 0 Å². The van der Waals surface area contributed by atoms with Crippen LogP contribution in [0.1, 0.15) is 39.0 Å². The van der Waals surface area contributed by atoms with Crippen molar-refractivity contribution in [3.05, 3.63) is 12.3 Å². The van der Waals surface area contributed by atoms with Gasteiger partial charge >= 0.3 is 0 Å². The molecule has 1 N–H and O–H groups in total. The number of hydrogen-bond donors (Lipinski definition) is 1. The van der Waals surface area contributed by atoms with Crippen molar-refractivity contribution in [3.8, 4) is 0 Å². The van der Waals surface area contributed by atoms with Crippen LogP contribution in [-0.4, -0.2) is 58.2 Å². The highest BCUT2D eigenvalue weighted by molar-refractivity contribution is 5.79. The first-order valence-electron chi connectivity index (χ1n) is 8.84. The van der Waals surface area contributed by atoms with Crippen LogP contribution < -0.4 is 10.2 Å². The third-order valence-electron chi connectivity index (χ3n) is 5.03. The number of nitrogens with one attached hydrogen (secondary N) is 1. The molecule has 3 heterocycles. The van der Waals surface area contributed by atoms with E-state index in [1.165, 1.54) is 0 Å². The summed E-state index contributed by atoms with van der Waals surface area (Å²) in [5.74, 6) is 1.10. The maximum absolute atomic E-state index is 12.4. The van der Waals surface area contributed by atoms with Crippen molar-refractivity contribution in [2.75, 3.05) is 24.5 Å². The van der Waals surface area contributed by atoms with E-state index in [9.17, 15) is 9.59 Å². The molecule has 7 heteroatoms. The van der Waals surface area contributed by atoms with Crippen LogP contribution in [-0.2, 0) is 16.6 Å². The lowest BCUT2D eigenvalue weighted by Crippen LogP contribution is -2.46. The summed E-state index contributed by atoms with van der Waals surface area (Å²) in [6, 6.07) is 2.22. The van der Waals surface area contributed by atoms with Crippen LogP contribution in [0, 0.1) is 0 Å². The first-order chi connectivity index (χ1) is 11.5. The fourth-order valence-electron chi connectivity index (χ4n) is 3.79. The topological polar surface area (TPSA) is 70.5 Å². The van der Waals surface area contributed by atoms with Crippen molar-refractivity contribution in [2.24, 2.45) is 7.05 Å². The number of aromatic nitrogens is 2. The van der Waals surface area contributed by atoms with Crippen molar-refractivity contribution < 1.29 is 9.59 Å². The number of amides is 2. The summed E-state index contributed by atoms with van der Waals surface area (Å²) >= 11 is 0. The number of likely N-dealkylation sites (tertiary alicyclic amines) is 1. The first kappa shape index (κ1) is 16.8. The number of carbonyl (C=O) groups excluding carboxylic acids is 2. The lowest BCUT2D eigenvalue weighted by atomic mass is 9.99. The SMILES string of the molecule is CC(=O)N1CCCC[C@@H]1CC(=O)N[C@H]1CCN(c2ccn(C)n2)C1. The summed E-state index contributed by atoms with van der Waals surface area (Å²) in [5, 5.41) is 7.55. The molecule has 1 aromatic heterocycles. The fourth-order valence-corrected chi connectivity index (χ4v) is 3.79. The van der Waals surface area contributed by atoms with Gasteiger partial charge in [0, 0.05) is 64.4 Å². The summed E-state index contributed by atoms with van der Waals surface area (Å²) < 4.78 is 1.79. The van der Waals surface area contributed by atoms with E-state index < -0.39 is 0 Å². The number of rotatable bonds is 4. The van der Waals surface area contributed by atoms with Crippen molar-refractivity contribution in [2.45, 2.75) is 51.1 Å². The summed E-state index contributed by atoms with van der Waals surface area (Å²) in [5.41, 5.74) is 0. The van der Waals surface area contributed by atoms with Gasteiger partial charge in [-0.05, 0) is 25.7 Å². The van der Waals surface area contributed by atoms with E-state index in [-0.39, 0.29) is 23.9 Å². The second-order valence-electron chi connectivity index (χ2n) is 6.91. The zero-order chi connectivity index (χ0) is 17.1. The predicted octanol–water partition coefficient (Wildman–Crippen LogP) is 0.906. The molecular formula is C17H27N5O2. The van der Waals surface area contributed by atoms with Gasteiger partial charge in [-0.2, -0.15) is 5.10 Å². The minimum atomic E-state index is 0.0565. The Labute approximate surface area is 143 Å². The van der Waals surface area contributed by atoms with E-state index in [1.54, 1.807) is 11.6 Å². The molecule has 2 fully saturated rings. The average Bonchev–Trinajstić information content (AvgIpc) is 3.16. The average molecular weight is 333 g/mol. The van der Waals surface area contributed by atoms with Gasteiger partial charge < -0.3 is 15.1 Å². The number of anilines is 1. The van der Waals surface area contributed by atoms with Crippen LogP contribution in [0.5, 0.6) is 0 Å². The lowest BCUT2D eigenvalue weighted by molar-refractivity contribution is -0.134. The van der Waals surface area contributed by atoms with Gasteiger partial charge in [0.2, 0.25) is 11.8 Å². The number of hydrogen-bond acceptors (Lipinski definition) is 4. The zero-order valence-electron chi connectivity index (χ0n) is 14.6. The highest BCUT2D eigenvalue weighted by Gasteiger charge is 2.29.